The molecule has 2 aromatic heterocycles. The molecule has 5 nitrogen and oxygen atoms in total. The van der Waals surface area contributed by atoms with Gasteiger partial charge in [-0.25, -0.2) is 9.37 Å². The summed E-state index contributed by atoms with van der Waals surface area (Å²) in [5, 5.41) is 11.2. The number of para-hydroxylation sites is 2. The molecular formula is C33H26FN3O2. The molecule has 1 N–H and O–H groups in total. The summed E-state index contributed by atoms with van der Waals surface area (Å²) < 4.78 is 20.1. The number of phenols is 1. The van der Waals surface area contributed by atoms with Gasteiger partial charge in [0.25, 0.3) is 0 Å². The Morgan fingerprint density at radius 1 is 0.846 bits per heavy atom. The Morgan fingerprint density at radius 2 is 1.64 bits per heavy atom. The van der Waals surface area contributed by atoms with E-state index < -0.39 is 5.82 Å². The quantitative estimate of drug-likeness (QED) is 0.239. The minimum atomic E-state index is -0.452. The standard InChI is InChI=1S/C33H26FN3O2/c1-33(2,3)22-17-26(24-11-6-8-20-9-7-15-35-30(20)24)31-29(18-22)39-32(37-31)25-10-4-5-12-27(25)36-19-21-16-23(34)13-14-28(21)38/h4-19,38H,1-3H3. The Kier molecular flexibility index (Phi) is 5.95. The fourth-order valence-electron chi connectivity index (χ4n) is 4.64. The zero-order valence-electron chi connectivity index (χ0n) is 21.8. The number of benzene rings is 4. The van der Waals surface area contributed by atoms with Crippen LogP contribution in [-0.2, 0) is 5.41 Å². The summed E-state index contributed by atoms with van der Waals surface area (Å²) in [6, 6.07) is 25.5. The van der Waals surface area contributed by atoms with Gasteiger partial charge < -0.3 is 9.52 Å². The van der Waals surface area contributed by atoms with E-state index in [0.29, 0.717) is 22.7 Å². The van der Waals surface area contributed by atoms with Crippen LogP contribution in [0.1, 0.15) is 31.9 Å². The molecule has 0 saturated carbocycles. The zero-order valence-corrected chi connectivity index (χ0v) is 21.8. The van der Waals surface area contributed by atoms with Crippen LogP contribution in [0.4, 0.5) is 10.1 Å². The molecule has 0 aliphatic carbocycles. The van der Waals surface area contributed by atoms with E-state index in [1.54, 1.807) is 6.20 Å². The van der Waals surface area contributed by atoms with E-state index in [-0.39, 0.29) is 16.7 Å². The van der Waals surface area contributed by atoms with Gasteiger partial charge in [0.15, 0.2) is 5.58 Å². The van der Waals surface area contributed by atoms with Crippen LogP contribution in [0.15, 0.2) is 101 Å². The van der Waals surface area contributed by atoms with Crippen molar-refractivity contribution >= 4 is 33.9 Å². The maximum Gasteiger partial charge on any atom is 0.229 e. The van der Waals surface area contributed by atoms with E-state index in [9.17, 15) is 9.50 Å². The molecular weight excluding hydrogens is 489 g/mol. The molecule has 2 heterocycles. The van der Waals surface area contributed by atoms with Crippen molar-refractivity contribution in [3.05, 3.63) is 108 Å². The fraction of sp³-hybridized carbons (Fsp3) is 0.121. The second-order valence-electron chi connectivity index (χ2n) is 10.5. The van der Waals surface area contributed by atoms with Gasteiger partial charge in [-0.3, -0.25) is 9.98 Å². The Morgan fingerprint density at radius 3 is 2.49 bits per heavy atom. The van der Waals surface area contributed by atoms with Crippen LogP contribution in [0, 0.1) is 5.82 Å². The largest absolute Gasteiger partial charge is 0.507 e. The van der Waals surface area contributed by atoms with Gasteiger partial charge in [0.2, 0.25) is 5.89 Å². The monoisotopic (exact) mass is 515 g/mol. The molecule has 4 aromatic carbocycles. The number of phenolic OH excluding ortho intramolecular Hbond substituents is 1. The summed E-state index contributed by atoms with van der Waals surface area (Å²) in [7, 11) is 0. The van der Waals surface area contributed by atoms with Crippen LogP contribution >= 0.6 is 0 Å². The van der Waals surface area contributed by atoms with Crippen molar-refractivity contribution in [3.8, 4) is 28.3 Å². The number of fused-ring (bicyclic) bond motifs is 2. The van der Waals surface area contributed by atoms with E-state index in [4.69, 9.17) is 9.40 Å². The minimum absolute atomic E-state index is 0.0532. The van der Waals surface area contributed by atoms with Crippen molar-refractivity contribution in [2.45, 2.75) is 26.2 Å². The third kappa shape index (κ3) is 4.66. The second kappa shape index (κ2) is 9.48. The number of rotatable bonds is 4. The van der Waals surface area contributed by atoms with Gasteiger partial charge in [0, 0.05) is 34.5 Å². The number of halogens is 1. The Hall–Kier alpha value is -4.84. The summed E-state index contributed by atoms with van der Waals surface area (Å²) in [4.78, 5) is 14.2. The molecule has 6 heteroatoms. The number of aliphatic imine (C=N–C) groups is 1. The van der Waals surface area contributed by atoms with E-state index in [2.05, 4.69) is 55.0 Å². The SMILES string of the molecule is CC(C)(C)c1cc(-c2cccc3cccnc23)c2nc(-c3ccccc3N=Cc3cc(F)ccc3O)oc2c1. The van der Waals surface area contributed by atoms with Crippen molar-refractivity contribution in [1.29, 1.82) is 0 Å². The lowest BCUT2D eigenvalue weighted by Crippen LogP contribution is -2.11. The predicted octanol–water partition coefficient (Wildman–Crippen LogP) is 8.60. The number of hydrogen-bond acceptors (Lipinski definition) is 5. The molecule has 0 bridgehead atoms. The smallest absolute Gasteiger partial charge is 0.229 e. The van der Waals surface area contributed by atoms with Crippen molar-refractivity contribution in [1.82, 2.24) is 9.97 Å². The molecule has 0 fully saturated rings. The number of oxazole rings is 1. The molecule has 6 rings (SSSR count). The highest BCUT2D eigenvalue weighted by Crippen LogP contribution is 2.40. The lowest BCUT2D eigenvalue weighted by molar-refractivity contribution is 0.472. The van der Waals surface area contributed by atoms with Gasteiger partial charge in [-0.1, -0.05) is 57.2 Å². The molecule has 6 aromatic rings. The van der Waals surface area contributed by atoms with Gasteiger partial charge in [-0.05, 0) is 59.5 Å². The minimum Gasteiger partial charge on any atom is -0.507 e. The Balaban J connectivity index is 1.54. The molecule has 192 valence electrons. The normalized spacial score (nSPS) is 12.1. The Bertz CT molecular complexity index is 1880. The van der Waals surface area contributed by atoms with Crippen molar-refractivity contribution in [3.63, 3.8) is 0 Å². The van der Waals surface area contributed by atoms with Crippen molar-refractivity contribution < 1.29 is 13.9 Å². The number of aromatic nitrogens is 2. The van der Waals surface area contributed by atoms with Crippen molar-refractivity contribution in [2.24, 2.45) is 4.99 Å². The Labute approximate surface area is 225 Å². The third-order valence-electron chi connectivity index (χ3n) is 6.75. The first kappa shape index (κ1) is 24.5. The van der Waals surface area contributed by atoms with Crippen LogP contribution in [0.5, 0.6) is 5.75 Å². The summed E-state index contributed by atoms with van der Waals surface area (Å²) >= 11 is 0. The number of hydrogen-bond donors (Lipinski definition) is 1. The first-order valence-electron chi connectivity index (χ1n) is 12.7. The highest BCUT2D eigenvalue weighted by molar-refractivity contribution is 6.02. The lowest BCUT2D eigenvalue weighted by Gasteiger charge is -2.20. The molecule has 0 radical (unpaired) electrons. The molecule has 39 heavy (non-hydrogen) atoms. The summed E-state index contributed by atoms with van der Waals surface area (Å²) in [5.41, 5.74) is 6.77. The zero-order chi connectivity index (χ0) is 27.1. The second-order valence-corrected chi connectivity index (χ2v) is 10.5. The van der Waals surface area contributed by atoms with Crippen LogP contribution in [0.2, 0.25) is 0 Å². The van der Waals surface area contributed by atoms with E-state index in [1.807, 2.05) is 42.5 Å². The third-order valence-corrected chi connectivity index (χ3v) is 6.75. The topological polar surface area (TPSA) is 71.5 Å². The maximum atomic E-state index is 13.7. The average molecular weight is 516 g/mol. The van der Waals surface area contributed by atoms with Crippen LogP contribution in [0.25, 0.3) is 44.6 Å². The number of nitrogens with zero attached hydrogens (tertiary/aromatic N) is 3. The summed E-state index contributed by atoms with van der Waals surface area (Å²) in [6.07, 6.45) is 3.24. The van der Waals surface area contributed by atoms with E-state index >= 15 is 0 Å². The van der Waals surface area contributed by atoms with Gasteiger partial charge >= 0.3 is 0 Å². The molecule has 0 amide bonds. The molecule has 0 saturated heterocycles. The van der Waals surface area contributed by atoms with Gasteiger partial charge in [-0.15, -0.1) is 0 Å². The number of aromatic hydroxyl groups is 1. The summed E-state index contributed by atoms with van der Waals surface area (Å²) in [5.74, 6) is -0.0872. The molecule has 0 aliphatic rings. The van der Waals surface area contributed by atoms with Gasteiger partial charge in [0.1, 0.15) is 17.1 Å². The summed E-state index contributed by atoms with van der Waals surface area (Å²) in [6.45, 7) is 6.51. The first-order valence-corrected chi connectivity index (χ1v) is 12.7. The van der Waals surface area contributed by atoms with Crippen LogP contribution < -0.4 is 0 Å². The highest BCUT2D eigenvalue weighted by atomic mass is 19.1. The fourth-order valence-corrected chi connectivity index (χ4v) is 4.64. The van der Waals surface area contributed by atoms with Gasteiger partial charge in [0.05, 0.1) is 16.8 Å². The maximum absolute atomic E-state index is 13.7. The van der Waals surface area contributed by atoms with Gasteiger partial charge in [-0.2, -0.15) is 0 Å². The van der Waals surface area contributed by atoms with E-state index in [0.717, 1.165) is 33.1 Å². The average Bonchev–Trinajstić information content (AvgIpc) is 3.37. The van der Waals surface area contributed by atoms with Crippen LogP contribution in [-0.4, -0.2) is 21.3 Å². The molecule has 0 unspecified atom stereocenters. The lowest BCUT2D eigenvalue weighted by atomic mass is 9.84. The first-order chi connectivity index (χ1) is 18.8. The van der Waals surface area contributed by atoms with Crippen LogP contribution in [0.3, 0.4) is 0 Å². The molecule has 0 aliphatic heterocycles. The highest BCUT2D eigenvalue weighted by Gasteiger charge is 2.22. The molecule has 0 atom stereocenters. The van der Waals surface area contributed by atoms with E-state index in [1.165, 1.54) is 24.4 Å². The number of pyridine rings is 1. The van der Waals surface area contributed by atoms with Crippen molar-refractivity contribution in [2.75, 3.05) is 0 Å². The molecule has 0 spiro atoms. The predicted molar refractivity (Wildman–Crippen MR) is 154 cm³/mol.